The molecule has 0 spiro atoms. The molecule has 1 rings (SSSR count). The second-order valence-corrected chi connectivity index (χ2v) is 5.29. The maximum Gasteiger partial charge on any atom is 0.436 e. The molecular weight excluding hydrogens is 309 g/mol. The molecule has 21 heavy (non-hydrogen) atoms. The Morgan fingerprint density at radius 2 is 2.05 bits per heavy atom. The number of hydrogen-bond acceptors (Lipinski definition) is 3. The van der Waals surface area contributed by atoms with Crippen molar-refractivity contribution in [2.24, 2.45) is 0 Å². The third kappa shape index (κ3) is 5.20. The SMILES string of the molecule is Cc1c(Cl)c(C(F)(F)F)nn1CC(=O)NCCCN(C)C. The highest BCUT2D eigenvalue weighted by Crippen LogP contribution is 2.35. The van der Waals surface area contributed by atoms with E-state index in [-0.39, 0.29) is 12.2 Å². The number of hydrogen-bond donors (Lipinski definition) is 1. The zero-order chi connectivity index (χ0) is 16.2. The summed E-state index contributed by atoms with van der Waals surface area (Å²) in [5.41, 5.74) is -1.05. The van der Waals surface area contributed by atoms with Crippen molar-refractivity contribution >= 4 is 17.5 Å². The molecule has 0 saturated heterocycles. The quantitative estimate of drug-likeness (QED) is 0.813. The molecule has 0 aliphatic carbocycles. The molecule has 0 unspecified atom stereocenters. The molecule has 0 aromatic carbocycles. The summed E-state index contributed by atoms with van der Waals surface area (Å²) < 4.78 is 38.9. The number of alkyl halides is 3. The van der Waals surface area contributed by atoms with Gasteiger partial charge in [-0.05, 0) is 34.0 Å². The Balaban J connectivity index is 2.61. The highest BCUT2D eigenvalue weighted by molar-refractivity contribution is 6.32. The summed E-state index contributed by atoms with van der Waals surface area (Å²) in [6, 6.07) is 0. The van der Waals surface area contributed by atoms with E-state index in [9.17, 15) is 18.0 Å². The van der Waals surface area contributed by atoms with Crippen molar-refractivity contribution in [3.8, 4) is 0 Å². The van der Waals surface area contributed by atoms with Crippen LogP contribution in [0.2, 0.25) is 5.02 Å². The number of nitrogens with zero attached hydrogens (tertiary/aromatic N) is 3. The first-order chi connectivity index (χ1) is 9.62. The average Bonchev–Trinajstić information content (AvgIpc) is 2.62. The van der Waals surface area contributed by atoms with Gasteiger partial charge in [0.1, 0.15) is 6.54 Å². The van der Waals surface area contributed by atoms with E-state index in [4.69, 9.17) is 11.6 Å². The minimum atomic E-state index is -4.63. The highest BCUT2D eigenvalue weighted by atomic mass is 35.5. The summed E-state index contributed by atoms with van der Waals surface area (Å²) in [5.74, 6) is -0.398. The van der Waals surface area contributed by atoms with Crippen molar-refractivity contribution in [1.82, 2.24) is 20.0 Å². The Bertz CT molecular complexity index is 499. The molecule has 1 N–H and O–H groups in total. The van der Waals surface area contributed by atoms with Crippen molar-refractivity contribution < 1.29 is 18.0 Å². The van der Waals surface area contributed by atoms with Crippen LogP contribution in [0.5, 0.6) is 0 Å². The van der Waals surface area contributed by atoms with Crippen LogP contribution in [-0.4, -0.2) is 47.8 Å². The number of carbonyl (C=O) groups excluding carboxylic acids is 1. The first kappa shape index (κ1) is 17.8. The summed E-state index contributed by atoms with van der Waals surface area (Å²) >= 11 is 5.60. The lowest BCUT2D eigenvalue weighted by Gasteiger charge is -2.10. The molecule has 0 radical (unpaired) electrons. The van der Waals surface area contributed by atoms with Gasteiger partial charge in [-0.1, -0.05) is 11.6 Å². The highest BCUT2D eigenvalue weighted by Gasteiger charge is 2.38. The molecule has 0 bridgehead atoms. The lowest BCUT2D eigenvalue weighted by Crippen LogP contribution is -2.30. The van der Waals surface area contributed by atoms with Gasteiger partial charge in [-0.25, -0.2) is 0 Å². The van der Waals surface area contributed by atoms with Crippen LogP contribution in [0.1, 0.15) is 17.8 Å². The van der Waals surface area contributed by atoms with E-state index in [1.165, 1.54) is 6.92 Å². The molecule has 120 valence electrons. The van der Waals surface area contributed by atoms with Gasteiger partial charge in [-0.15, -0.1) is 0 Å². The van der Waals surface area contributed by atoms with Crippen molar-refractivity contribution in [1.29, 1.82) is 0 Å². The van der Waals surface area contributed by atoms with E-state index in [1.807, 2.05) is 19.0 Å². The van der Waals surface area contributed by atoms with Crippen molar-refractivity contribution in [3.63, 3.8) is 0 Å². The van der Waals surface area contributed by atoms with Crippen molar-refractivity contribution in [2.75, 3.05) is 27.2 Å². The summed E-state index contributed by atoms with van der Waals surface area (Å²) in [5, 5.41) is 5.53. The van der Waals surface area contributed by atoms with Gasteiger partial charge >= 0.3 is 6.18 Å². The fourth-order valence-electron chi connectivity index (χ4n) is 1.67. The van der Waals surface area contributed by atoms with Crippen LogP contribution in [0.3, 0.4) is 0 Å². The van der Waals surface area contributed by atoms with Gasteiger partial charge in [0.05, 0.1) is 10.7 Å². The van der Waals surface area contributed by atoms with Crippen molar-refractivity contribution in [2.45, 2.75) is 26.1 Å². The van der Waals surface area contributed by atoms with Gasteiger partial charge in [-0.2, -0.15) is 18.3 Å². The van der Waals surface area contributed by atoms with Crippen LogP contribution in [0, 0.1) is 6.92 Å². The number of nitrogens with one attached hydrogen (secondary N) is 1. The number of rotatable bonds is 6. The topological polar surface area (TPSA) is 50.2 Å². The van der Waals surface area contributed by atoms with E-state index in [0.717, 1.165) is 17.6 Å². The Hall–Kier alpha value is -1.28. The third-order valence-corrected chi connectivity index (χ3v) is 3.25. The molecule has 1 aromatic heterocycles. The molecule has 0 saturated carbocycles. The normalized spacial score (nSPS) is 12.0. The summed E-state index contributed by atoms with van der Waals surface area (Å²) in [6.45, 7) is 2.37. The van der Waals surface area contributed by atoms with Crippen LogP contribution in [0.4, 0.5) is 13.2 Å². The van der Waals surface area contributed by atoms with Gasteiger partial charge in [0, 0.05) is 6.54 Å². The molecule has 0 aliphatic heterocycles. The van der Waals surface area contributed by atoms with E-state index >= 15 is 0 Å². The molecule has 0 aliphatic rings. The van der Waals surface area contributed by atoms with Gasteiger partial charge < -0.3 is 10.2 Å². The lowest BCUT2D eigenvalue weighted by atomic mass is 10.3. The predicted octanol–water partition coefficient (Wildman–Crippen LogP) is 1.93. The number of halogens is 4. The largest absolute Gasteiger partial charge is 0.436 e. The van der Waals surface area contributed by atoms with Gasteiger partial charge in [0.15, 0.2) is 5.69 Å². The first-order valence-electron chi connectivity index (χ1n) is 6.34. The second kappa shape index (κ2) is 7.13. The molecule has 9 heteroatoms. The minimum Gasteiger partial charge on any atom is -0.354 e. The molecule has 1 aromatic rings. The number of carbonyl (C=O) groups is 1. The Morgan fingerprint density at radius 3 is 2.52 bits per heavy atom. The standard InChI is InChI=1S/C12H18ClF3N4O/c1-8-10(13)11(12(14,15)16)18-20(8)7-9(21)17-5-4-6-19(2)3/h4-7H2,1-3H3,(H,17,21). The van der Waals surface area contributed by atoms with E-state index in [2.05, 4.69) is 10.4 Å². The summed E-state index contributed by atoms with van der Waals surface area (Å²) in [6.07, 6.45) is -3.87. The van der Waals surface area contributed by atoms with Gasteiger partial charge in [-0.3, -0.25) is 9.48 Å². The van der Waals surface area contributed by atoms with Crippen LogP contribution in [0.15, 0.2) is 0 Å². The summed E-state index contributed by atoms with van der Waals surface area (Å²) in [4.78, 5) is 13.6. The zero-order valence-corrected chi connectivity index (χ0v) is 12.8. The smallest absolute Gasteiger partial charge is 0.354 e. The lowest BCUT2D eigenvalue weighted by molar-refractivity contribution is -0.141. The van der Waals surface area contributed by atoms with Crippen LogP contribution in [-0.2, 0) is 17.5 Å². The Kier molecular flexibility index (Phi) is 6.03. The molecule has 1 amide bonds. The van der Waals surface area contributed by atoms with Gasteiger partial charge in [0.2, 0.25) is 5.91 Å². The maximum atomic E-state index is 12.6. The maximum absolute atomic E-state index is 12.6. The van der Waals surface area contributed by atoms with E-state index in [1.54, 1.807) is 0 Å². The average molecular weight is 327 g/mol. The Morgan fingerprint density at radius 1 is 1.43 bits per heavy atom. The van der Waals surface area contributed by atoms with Crippen LogP contribution in [0.25, 0.3) is 0 Å². The summed E-state index contributed by atoms with van der Waals surface area (Å²) in [7, 11) is 3.82. The molecular formula is C12H18ClF3N4O. The Labute approximate surface area is 126 Å². The second-order valence-electron chi connectivity index (χ2n) is 4.91. The molecule has 1 heterocycles. The zero-order valence-electron chi connectivity index (χ0n) is 12.1. The monoisotopic (exact) mass is 326 g/mol. The molecule has 0 atom stereocenters. The van der Waals surface area contributed by atoms with Gasteiger partial charge in [0.25, 0.3) is 0 Å². The fraction of sp³-hybridized carbons (Fsp3) is 0.667. The van der Waals surface area contributed by atoms with E-state index < -0.39 is 22.8 Å². The van der Waals surface area contributed by atoms with Crippen molar-refractivity contribution in [3.05, 3.63) is 16.4 Å². The minimum absolute atomic E-state index is 0.118. The predicted molar refractivity (Wildman–Crippen MR) is 73.2 cm³/mol. The van der Waals surface area contributed by atoms with E-state index in [0.29, 0.717) is 6.54 Å². The number of amides is 1. The number of aromatic nitrogens is 2. The molecule has 0 fully saturated rings. The van der Waals surface area contributed by atoms with Crippen LogP contribution >= 0.6 is 11.6 Å². The fourth-order valence-corrected chi connectivity index (χ4v) is 1.92. The van der Waals surface area contributed by atoms with Crippen LogP contribution < -0.4 is 5.32 Å². The third-order valence-electron chi connectivity index (χ3n) is 2.80. The first-order valence-corrected chi connectivity index (χ1v) is 6.72. The molecule has 5 nitrogen and oxygen atoms in total.